The van der Waals surface area contributed by atoms with Crippen LogP contribution in [0, 0.1) is 0 Å². The van der Waals surface area contributed by atoms with Gasteiger partial charge in [-0.2, -0.15) is 0 Å². The first-order valence-corrected chi connectivity index (χ1v) is 6.82. The predicted molar refractivity (Wildman–Crippen MR) is 70.2 cm³/mol. The summed E-state index contributed by atoms with van der Waals surface area (Å²) in [6.45, 7) is 3.77. The summed E-state index contributed by atoms with van der Waals surface area (Å²) in [6.07, 6.45) is 6.48. The van der Waals surface area contributed by atoms with Crippen molar-refractivity contribution in [2.24, 2.45) is 0 Å². The predicted octanol–water partition coefficient (Wildman–Crippen LogP) is 2.08. The fourth-order valence-electron chi connectivity index (χ4n) is 1.82. The quantitative estimate of drug-likeness (QED) is 0.567. The molecule has 100 valence electrons. The van der Waals surface area contributed by atoms with Crippen LogP contribution in [-0.4, -0.2) is 23.2 Å². The number of aromatic nitrogens is 1. The molecule has 1 fully saturated rings. The van der Waals surface area contributed by atoms with Gasteiger partial charge < -0.3 is 14.6 Å². The summed E-state index contributed by atoms with van der Waals surface area (Å²) in [7, 11) is 0. The van der Waals surface area contributed by atoms with E-state index >= 15 is 0 Å². The Kier molecular flexibility index (Phi) is 4.81. The minimum Gasteiger partial charge on any atom is -0.464 e. The van der Waals surface area contributed by atoms with E-state index in [0.29, 0.717) is 19.2 Å². The Morgan fingerprint density at radius 2 is 2.39 bits per heavy atom. The number of rotatable bonds is 8. The van der Waals surface area contributed by atoms with Gasteiger partial charge in [0, 0.05) is 24.5 Å². The van der Waals surface area contributed by atoms with Gasteiger partial charge in [-0.1, -0.05) is 13.3 Å². The lowest BCUT2D eigenvalue weighted by atomic mass is 10.4. The molecule has 0 spiro atoms. The van der Waals surface area contributed by atoms with Crippen molar-refractivity contribution >= 4 is 5.97 Å². The van der Waals surface area contributed by atoms with Crippen molar-refractivity contribution in [2.45, 2.75) is 51.7 Å². The minimum atomic E-state index is -0.146. The van der Waals surface area contributed by atoms with E-state index in [1.165, 1.54) is 12.8 Å². The summed E-state index contributed by atoms with van der Waals surface area (Å²) in [5.74, 6) is -0.146. The third-order valence-electron chi connectivity index (χ3n) is 3.13. The Hall–Kier alpha value is -1.29. The molecule has 18 heavy (non-hydrogen) atoms. The maximum atomic E-state index is 11.6. The number of hydrogen-bond donors (Lipinski definition) is 1. The fourth-order valence-corrected chi connectivity index (χ4v) is 1.82. The van der Waals surface area contributed by atoms with Crippen LogP contribution in [0.2, 0.25) is 0 Å². The van der Waals surface area contributed by atoms with Crippen LogP contribution in [0.1, 0.15) is 38.3 Å². The largest absolute Gasteiger partial charge is 0.464 e. The van der Waals surface area contributed by atoms with Crippen molar-refractivity contribution in [3.8, 4) is 0 Å². The SMILES string of the molecule is CCCCOC(=O)Cn1cccc1CNC1CC1. The van der Waals surface area contributed by atoms with Gasteiger partial charge in [0.25, 0.3) is 0 Å². The van der Waals surface area contributed by atoms with Gasteiger partial charge in [-0.05, 0) is 31.4 Å². The molecule has 0 unspecified atom stereocenters. The summed E-state index contributed by atoms with van der Waals surface area (Å²) in [4.78, 5) is 11.6. The van der Waals surface area contributed by atoms with E-state index in [-0.39, 0.29) is 5.97 Å². The average molecular weight is 250 g/mol. The van der Waals surface area contributed by atoms with Crippen LogP contribution in [0.15, 0.2) is 18.3 Å². The van der Waals surface area contributed by atoms with Gasteiger partial charge in [-0.3, -0.25) is 4.79 Å². The molecular weight excluding hydrogens is 228 g/mol. The first-order chi connectivity index (χ1) is 8.79. The summed E-state index contributed by atoms with van der Waals surface area (Å²) in [6, 6.07) is 4.71. The molecule has 0 aliphatic heterocycles. The van der Waals surface area contributed by atoms with E-state index in [2.05, 4.69) is 18.3 Å². The van der Waals surface area contributed by atoms with Crippen LogP contribution >= 0.6 is 0 Å². The number of carbonyl (C=O) groups excluding carboxylic acids is 1. The molecule has 0 saturated heterocycles. The van der Waals surface area contributed by atoms with Crippen LogP contribution < -0.4 is 5.32 Å². The van der Waals surface area contributed by atoms with Crippen molar-refractivity contribution in [3.05, 3.63) is 24.0 Å². The molecule has 1 aliphatic rings. The van der Waals surface area contributed by atoms with Crippen LogP contribution in [0.25, 0.3) is 0 Å². The number of unbranched alkanes of at least 4 members (excludes halogenated alkanes) is 1. The Morgan fingerprint density at radius 1 is 1.56 bits per heavy atom. The molecule has 1 saturated carbocycles. The molecule has 1 heterocycles. The molecule has 1 aromatic rings. The molecule has 4 nitrogen and oxygen atoms in total. The second kappa shape index (κ2) is 6.59. The average Bonchev–Trinajstić information content (AvgIpc) is 3.08. The highest BCUT2D eigenvalue weighted by Gasteiger charge is 2.20. The van der Waals surface area contributed by atoms with Crippen molar-refractivity contribution in [3.63, 3.8) is 0 Å². The van der Waals surface area contributed by atoms with E-state index < -0.39 is 0 Å². The molecule has 1 aliphatic carbocycles. The molecule has 1 aromatic heterocycles. The summed E-state index contributed by atoms with van der Waals surface area (Å²) < 4.78 is 7.13. The Balaban J connectivity index is 1.76. The summed E-state index contributed by atoms with van der Waals surface area (Å²) >= 11 is 0. The molecule has 0 bridgehead atoms. The van der Waals surface area contributed by atoms with Gasteiger partial charge in [0.05, 0.1) is 6.61 Å². The van der Waals surface area contributed by atoms with Crippen LogP contribution in [0.5, 0.6) is 0 Å². The molecule has 0 amide bonds. The normalized spacial score (nSPS) is 14.7. The van der Waals surface area contributed by atoms with E-state index in [4.69, 9.17) is 4.74 Å². The third-order valence-corrected chi connectivity index (χ3v) is 3.13. The van der Waals surface area contributed by atoms with Crippen molar-refractivity contribution < 1.29 is 9.53 Å². The Labute approximate surface area is 108 Å². The molecule has 0 aromatic carbocycles. The zero-order chi connectivity index (χ0) is 12.8. The second-order valence-corrected chi connectivity index (χ2v) is 4.86. The smallest absolute Gasteiger partial charge is 0.325 e. The fraction of sp³-hybridized carbons (Fsp3) is 0.643. The van der Waals surface area contributed by atoms with Gasteiger partial charge in [-0.25, -0.2) is 0 Å². The van der Waals surface area contributed by atoms with Gasteiger partial charge in [0.2, 0.25) is 0 Å². The van der Waals surface area contributed by atoms with Gasteiger partial charge in [-0.15, -0.1) is 0 Å². The standard InChI is InChI=1S/C14H22N2O2/c1-2-3-9-18-14(17)11-16-8-4-5-13(16)10-15-12-6-7-12/h4-5,8,12,15H,2-3,6-7,9-11H2,1H3. The van der Waals surface area contributed by atoms with Crippen molar-refractivity contribution in [1.29, 1.82) is 0 Å². The lowest BCUT2D eigenvalue weighted by Crippen LogP contribution is -2.20. The number of ether oxygens (including phenoxy) is 1. The number of hydrogen-bond acceptors (Lipinski definition) is 3. The van der Waals surface area contributed by atoms with Crippen molar-refractivity contribution in [1.82, 2.24) is 9.88 Å². The van der Waals surface area contributed by atoms with E-state index in [1.54, 1.807) is 0 Å². The first kappa shape index (κ1) is 13.1. The topological polar surface area (TPSA) is 43.3 Å². The van der Waals surface area contributed by atoms with Gasteiger partial charge >= 0.3 is 5.97 Å². The molecule has 0 radical (unpaired) electrons. The second-order valence-electron chi connectivity index (χ2n) is 4.86. The van der Waals surface area contributed by atoms with Crippen LogP contribution in [0.4, 0.5) is 0 Å². The zero-order valence-electron chi connectivity index (χ0n) is 11.0. The molecule has 2 rings (SSSR count). The number of esters is 1. The van der Waals surface area contributed by atoms with E-state index in [0.717, 1.165) is 25.1 Å². The van der Waals surface area contributed by atoms with E-state index in [9.17, 15) is 4.79 Å². The monoisotopic (exact) mass is 250 g/mol. The minimum absolute atomic E-state index is 0.146. The summed E-state index contributed by atoms with van der Waals surface area (Å²) in [5, 5.41) is 3.45. The highest BCUT2D eigenvalue weighted by Crippen LogP contribution is 2.19. The molecule has 1 N–H and O–H groups in total. The lowest BCUT2D eigenvalue weighted by molar-refractivity contribution is -0.144. The van der Waals surface area contributed by atoms with Crippen LogP contribution in [-0.2, 0) is 22.6 Å². The lowest BCUT2D eigenvalue weighted by Gasteiger charge is -2.09. The van der Waals surface area contributed by atoms with Gasteiger partial charge in [0.1, 0.15) is 6.54 Å². The molecular formula is C14H22N2O2. The van der Waals surface area contributed by atoms with Gasteiger partial charge in [0.15, 0.2) is 0 Å². The maximum Gasteiger partial charge on any atom is 0.325 e. The molecule has 0 atom stereocenters. The Bertz CT molecular complexity index is 383. The molecule has 4 heteroatoms. The number of nitrogens with zero attached hydrogens (tertiary/aromatic N) is 1. The Morgan fingerprint density at radius 3 is 3.11 bits per heavy atom. The maximum absolute atomic E-state index is 11.6. The van der Waals surface area contributed by atoms with Crippen molar-refractivity contribution in [2.75, 3.05) is 6.61 Å². The summed E-state index contributed by atoms with van der Waals surface area (Å²) in [5.41, 5.74) is 1.15. The van der Waals surface area contributed by atoms with Crippen LogP contribution in [0.3, 0.4) is 0 Å². The third kappa shape index (κ3) is 4.18. The number of carbonyl (C=O) groups is 1. The first-order valence-electron chi connectivity index (χ1n) is 6.82. The highest BCUT2D eigenvalue weighted by molar-refractivity contribution is 5.69. The zero-order valence-corrected chi connectivity index (χ0v) is 11.0. The van der Waals surface area contributed by atoms with E-state index in [1.807, 2.05) is 16.8 Å². The highest BCUT2D eigenvalue weighted by atomic mass is 16.5. The number of nitrogens with one attached hydrogen (secondary N) is 1.